The van der Waals surface area contributed by atoms with Crippen molar-refractivity contribution in [1.29, 1.82) is 10.5 Å². The third kappa shape index (κ3) is 8.35. The normalized spacial score (nSPS) is 15.4. The second-order valence-electron chi connectivity index (χ2n) is 2.96. The van der Waals surface area contributed by atoms with Gasteiger partial charge in [-0.2, -0.15) is 10.5 Å². The summed E-state index contributed by atoms with van der Waals surface area (Å²) in [6.07, 6.45) is 11.9. The quantitative estimate of drug-likeness (QED) is 0.261. The van der Waals surface area contributed by atoms with Crippen molar-refractivity contribution in [2.45, 2.75) is 38.5 Å². The van der Waals surface area contributed by atoms with Gasteiger partial charge in [-0.3, -0.25) is 5.32 Å². The van der Waals surface area contributed by atoms with Crippen molar-refractivity contribution in [3.05, 3.63) is 0 Å². The highest BCUT2D eigenvalue weighted by Crippen LogP contribution is 2.15. The van der Waals surface area contributed by atoms with E-state index in [0.29, 0.717) is 0 Å². The average Bonchev–Trinajstić information content (AvgIpc) is 2.22. The fourth-order valence-electron chi connectivity index (χ4n) is 1.20. The molecule has 0 heterocycles. The highest BCUT2D eigenvalue weighted by Gasteiger charge is 1.95. The Morgan fingerprint density at radius 3 is 1.79 bits per heavy atom. The van der Waals surface area contributed by atoms with E-state index < -0.39 is 0 Å². The van der Waals surface area contributed by atoms with E-state index in [9.17, 15) is 0 Å². The van der Waals surface area contributed by atoms with E-state index in [1.807, 2.05) is 5.32 Å². The number of hydrogen-bond donors (Lipinski definition) is 2. The van der Waals surface area contributed by atoms with Gasteiger partial charge in [-0.25, -0.2) is 0 Å². The van der Waals surface area contributed by atoms with Crippen LogP contribution in [0, 0.1) is 22.9 Å². The number of aliphatic imine (C=N–C) groups is 1. The van der Waals surface area contributed by atoms with Crippen LogP contribution in [0.3, 0.4) is 0 Å². The first-order chi connectivity index (χ1) is 6.81. The van der Waals surface area contributed by atoms with Crippen LogP contribution in [0.5, 0.6) is 0 Å². The van der Waals surface area contributed by atoms with Gasteiger partial charge in [0.05, 0.1) is 0 Å². The molecule has 1 fully saturated rings. The van der Waals surface area contributed by atoms with Gasteiger partial charge < -0.3 is 5.73 Å². The lowest BCUT2D eigenvalue weighted by molar-refractivity contribution is 0.504. The molecule has 0 aromatic heterocycles. The number of rotatable bonds is 0. The molecule has 5 heteroatoms. The number of nitrogens with one attached hydrogen (secondary N) is 1. The fraction of sp³-hybridized carbons (Fsp3) is 0.667. The number of nitrogens with two attached hydrogens (primary N) is 1. The molecule has 76 valence electrons. The monoisotopic (exact) mass is 193 g/mol. The predicted molar refractivity (Wildman–Crippen MR) is 53.7 cm³/mol. The summed E-state index contributed by atoms with van der Waals surface area (Å²) < 4.78 is 0. The van der Waals surface area contributed by atoms with Crippen molar-refractivity contribution in [3.8, 4) is 12.4 Å². The van der Waals surface area contributed by atoms with Gasteiger partial charge in [0.25, 0.3) is 0 Å². The molecule has 1 aliphatic rings. The fourth-order valence-corrected chi connectivity index (χ4v) is 1.20. The van der Waals surface area contributed by atoms with E-state index in [2.05, 4.69) is 4.99 Å². The van der Waals surface area contributed by atoms with Crippen LogP contribution in [0.4, 0.5) is 0 Å². The molecule has 0 aliphatic heterocycles. The van der Waals surface area contributed by atoms with Gasteiger partial charge in [-0.1, -0.05) is 38.5 Å². The number of nitrogens with zero attached hydrogens (tertiary/aromatic N) is 3. The summed E-state index contributed by atoms with van der Waals surface area (Å²) >= 11 is 0. The van der Waals surface area contributed by atoms with Crippen LogP contribution in [-0.4, -0.2) is 5.96 Å². The first-order valence-corrected chi connectivity index (χ1v) is 4.68. The Balaban J connectivity index is 0.000000249. The Bertz CT molecular complexity index is 229. The van der Waals surface area contributed by atoms with Crippen LogP contribution in [0.2, 0.25) is 0 Å². The van der Waals surface area contributed by atoms with Gasteiger partial charge in [0.2, 0.25) is 12.2 Å². The van der Waals surface area contributed by atoms with Gasteiger partial charge in [0.15, 0.2) is 6.19 Å². The molecule has 0 radical (unpaired) electrons. The van der Waals surface area contributed by atoms with Crippen molar-refractivity contribution in [1.82, 2.24) is 5.32 Å². The molecule has 0 saturated heterocycles. The summed E-state index contributed by atoms with van der Waals surface area (Å²) in [4.78, 5) is 2.98. The molecular formula is C9H15N5. The molecule has 0 atom stereocenters. The maximum atomic E-state index is 7.83. The van der Waals surface area contributed by atoms with E-state index in [1.54, 1.807) is 0 Å². The van der Waals surface area contributed by atoms with Crippen LogP contribution in [0.1, 0.15) is 38.5 Å². The molecule has 0 aromatic carbocycles. The SMILES string of the molecule is C1CCCCC1.N#C/N=C(\N)NC#N. The number of hydrogen-bond acceptors (Lipinski definition) is 3. The Kier molecular flexibility index (Phi) is 8.17. The molecule has 1 aliphatic carbocycles. The second-order valence-corrected chi connectivity index (χ2v) is 2.96. The molecule has 0 amide bonds. The zero-order valence-electron chi connectivity index (χ0n) is 8.16. The van der Waals surface area contributed by atoms with Crippen molar-refractivity contribution in [2.75, 3.05) is 0 Å². The van der Waals surface area contributed by atoms with Crippen LogP contribution in [-0.2, 0) is 0 Å². The van der Waals surface area contributed by atoms with Gasteiger partial charge in [0, 0.05) is 0 Å². The minimum absolute atomic E-state index is 0.185. The Morgan fingerprint density at radius 1 is 1.07 bits per heavy atom. The maximum absolute atomic E-state index is 7.83. The number of nitriles is 2. The average molecular weight is 193 g/mol. The Hall–Kier alpha value is -1.75. The summed E-state index contributed by atoms with van der Waals surface area (Å²) in [5, 5.41) is 17.6. The minimum Gasteiger partial charge on any atom is -0.368 e. The predicted octanol–water partition coefficient (Wildman–Crippen LogP) is 1.19. The van der Waals surface area contributed by atoms with Crippen LogP contribution >= 0.6 is 0 Å². The first kappa shape index (κ1) is 12.2. The molecule has 0 bridgehead atoms. The topological polar surface area (TPSA) is 98.0 Å². The minimum atomic E-state index is -0.185. The Labute approximate surface area is 84.2 Å². The molecular weight excluding hydrogens is 178 g/mol. The number of guanidine groups is 1. The van der Waals surface area contributed by atoms with Crippen molar-refractivity contribution in [3.63, 3.8) is 0 Å². The summed E-state index contributed by atoms with van der Waals surface area (Å²) in [5.74, 6) is -0.185. The molecule has 3 N–H and O–H groups in total. The van der Waals surface area contributed by atoms with Crippen LogP contribution < -0.4 is 11.1 Å². The summed E-state index contributed by atoms with van der Waals surface area (Å²) in [6.45, 7) is 0. The molecule has 0 unspecified atom stereocenters. The standard InChI is InChI=1S/C6H12.C3H3N5/c1-2-4-6-5-3-1;4-1-7-3(6)8-2-5/h1-6H2;(H3,6,7,8). The summed E-state index contributed by atoms with van der Waals surface area (Å²) in [7, 11) is 0. The van der Waals surface area contributed by atoms with Crippen molar-refractivity contribution < 1.29 is 0 Å². The largest absolute Gasteiger partial charge is 0.368 e. The summed E-state index contributed by atoms with van der Waals surface area (Å²) in [5.41, 5.74) is 4.89. The van der Waals surface area contributed by atoms with E-state index in [0.717, 1.165) is 0 Å². The highest BCUT2D eigenvalue weighted by molar-refractivity contribution is 5.79. The van der Waals surface area contributed by atoms with Gasteiger partial charge in [0.1, 0.15) is 0 Å². The molecule has 1 saturated carbocycles. The van der Waals surface area contributed by atoms with E-state index in [4.69, 9.17) is 16.3 Å². The van der Waals surface area contributed by atoms with Crippen molar-refractivity contribution in [2.24, 2.45) is 10.7 Å². The highest BCUT2D eigenvalue weighted by atomic mass is 15.1. The molecule has 0 spiro atoms. The third-order valence-corrected chi connectivity index (χ3v) is 1.85. The zero-order valence-corrected chi connectivity index (χ0v) is 8.16. The van der Waals surface area contributed by atoms with Gasteiger partial charge in [-0.15, -0.1) is 4.99 Å². The molecule has 14 heavy (non-hydrogen) atoms. The maximum Gasteiger partial charge on any atom is 0.217 e. The summed E-state index contributed by atoms with van der Waals surface area (Å²) in [6, 6.07) is 0. The van der Waals surface area contributed by atoms with Crippen LogP contribution in [0.15, 0.2) is 4.99 Å². The van der Waals surface area contributed by atoms with Gasteiger partial charge >= 0.3 is 0 Å². The lowest BCUT2D eigenvalue weighted by Crippen LogP contribution is -2.26. The van der Waals surface area contributed by atoms with Crippen LogP contribution in [0.25, 0.3) is 0 Å². The van der Waals surface area contributed by atoms with Crippen molar-refractivity contribution >= 4 is 5.96 Å². The molecule has 0 aromatic rings. The van der Waals surface area contributed by atoms with E-state index in [1.165, 1.54) is 50.9 Å². The van der Waals surface area contributed by atoms with E-state index in [-0.39, 0.29) is 5.96 Å². The van der Waals surface area contributed by atoms with E-state index >= 15 is 0 Å². The molecule has 5 nitrogen and oxygen atoms in total. The van der Waals surface area contributed by atoms with Gasteiger partial charge in [-0.05, 0) is 0 Å². The first-order valence-electron chi connectivity index (χ1n) is 4.68. The third-order valence-electron chi connectivity index (χ3n) is 1.85. The zero-order chi connectivity index (χ0) is 10.6. The second kappa shape index (κ2) is 9.34. The lowest BCUT2D eigenvalue weighted by atomic mass is 10.0. The molecule has 1 rings (SSSR count). The smallest absolute Gasteiger partial charge is 0.217 e. The Morgan fingerprint density at radius 2 is 1.50 bits per heavy atom. The lowest BCUT2D eigenvalue weighted by Gasteiger charge is -2.05.